The lowest BCUT2D eigenvalue weighted by Crippen LogP contribution is -2.26. The molecular formula is C19H23F2N3O3. The van der Waals surface area contributed by atoms with Crippen LogP contribution in [0.3, 0.4) is 0 Å². The van der Waals surface area contributed by atoms with E-state index in [9.17, 15) is 13.6 Å². The smallest absolute Gasteiger partial charge is 0.251 e. The van der Waals surface area contributed by atoms with Crippen molar-refractivity contribution < 1.29 is 23.0 Å². The molecule has 8 heteroatoms. The number of amides is 1. The van der Waals surface area contributed by atoms with Crippen molar-refractivity contribution in [3.05, 3.63) is 47.0 Å². The average Bonchev–Trinajstić information content (AvgIpc) is 2.65. The minimum atomic E-state index is -0.949. The molecule has 0 heterocycles. The molecular weight excluding hydrogens is 356 g/mol. The van der Waals surface area contributed by atoms with Crippen LogP contribution in [-0.4, -0.2) is 33.7 Å². The van der Waals surface area contributed by atoms with Gasteiger partial charge in [0.05, 0.1) is 25.6 Å². The molecule has 2 aromatic carbocycles. The zero-order chi connectivity index (χ0) is 20.1. The van der Waals surface area contributed by atoms with E-state index in [2.05, 4.69) is 10.1 Å². The van der Waals surface area contributed by atoms with Gasteiger partial charge in [0.2, 0.25) is 0 Å². The molecule has 6 nitrogen and oxygen atoms in total. The highest BCUT2D eigenvalue weighted by Crippen LogP contribution is 2.34. The van der Waals surface area contributed by atoms with Crippen LogP contribution in [-0.2, 0) is 6.54 Å². The molecule has 1 amide bonds. The molecule has 0 aliphatic rings. The molecule has 0 saturated carbocycles. The molecule has 0 atom stereocenters. The summed E-state index contributed by atoms with van der Waals surface area (Å²) in [6.07, 6.45) is 0. The van der Waals surface area contributed by atoms with Crippen molar-refractivity contribution in [1.29, 1.82) is 0 Å². The lowest BCUT2D eigenvalue weighted by atomic mass is 10.1. The summed E-state index contributed by atoms with van der Waals surface area (Å²) in [6.45, 7) is 2.72. The fourth-order valence-electron chi connectivity index (χ4n) is 2.76. The summed E-state index contributed by atoms with van der Waals surface area (Å²) in [5.74, 6) is -2.51. The minimum absolute atomic E-state index is 0.0714. The van der Waals surface area contributed by atoms with Crippen molar-refractivity contribution in [2.45, 2.75) is 13.5 Å². The van der Waals surface area contributed by atoms with E-state index in [1.165, 1.54) is 7.11 Å². The number of rotatable bonds is 7. The largest absolute Gasteiger partial charge is 0.496 e. The molecule has 0 aromatic heterocycles. The average molecular weight is 379 g/mol. The molecule has 0 aliphatic heterocycles. The number of carbonyl (C=O) groups is 1. The molecule has 0 unspecified atom stereocenters. The Morgan fingerprint density at radius 1 is 1.19 bits per heavy atom. The molecule has 2 rings (SSSR count). The Bertz CT molecular complexity index is 820. The topological polar surface area (TPSA) is 76.8 Å². The quantitative estimate of drug-likeness (QED) is 0.724. The van der Waals surface area contributed by atoms with Crippen molar-refractivity contribution in [1.82, 2.24) is 5.32 Å². The van der Waals surface area contributed by atoms with Gasteiger partial charge in [0.25, 0.3) is 5.91 Å². The van der Waals surface area contributed by atoms with Crippen LogP contribution < -0.4 is 25.4 Å². The first-order chi connectivity index (χ1) is 12.8. The van der Waals surface area contributed by atoms with Crippen molar-refractivity contribution in [2.24, 2.45) is 0 Å². The summed E-state index contributed by atoms with van der Waals surface area (Å²) < 4.78 is 37.7. The second kappa shape index (κ2) is 8.57. The number of nitrogens with one attached hydrogen (secondary N) is 1. The number of anilines is 2. The maximum absolute atomic E-state index is 13.8. The Labute approximate surface area is 156 Å². The van der Waals surface area contributed by atoms with Crippen molar-refractivity contribution in [2.75, 3.05) is 38.4 Å². The van der Waals surface area contributed by atoms with Crippen molar-refractivity contribution in [3.63, 3.8) is 0 Å². The Hall–Kier alpha value is -3.03. The van der Waals surface area contributed by atoms with Gasteiger partial charge in [-0.15, -0.1) is 0 Å². The number of nitrogen functional groups attached to an aromatic ring is 1. The number of methoxy groups -OCH3 is 2. The van der Waals surface area contributed by atoms with Crippen LogP contribution >= 0.6 is 0 Å². The molecule has 0 aliphatic carbocycles. The third-order valence-corrected chi connectivity index (χ3v) is 4.24. The number of ether oxygens (including phenoxy) is 2. The predicted molar refractivity (Wildman–Crippen MR) is 100 cm³/mol. The third-order valence-electron chi connectivity index (χ3n) is 4.24. The van der Waals surface area contributed by atoms with Crippen LogP contribution in [0.4, 0.5) is 20.2 Å². The van der Waals surface area contributed by atoms with Gasteiger partial charge in [0.15, 0.2) is 17.4 Å². The van der Waals surface area contributed by atoms with Crippen LogP contribution in [0.25, 0.3) is 0 Å². The van der Waals surface area contributed by atoms with Crippen LogP contribution in [0.1, 0.15) is 22.8 Å². The van der Waals surface area contributed by atoms with E-state index in [4.69, 9.17) is 10.5 Å². The zero-order valence-electron chi connectivity index (χ0n) is 15.7. The number of benzene rings is 2. The van der Waals surface area contributed by atoms with Crippen molar-refractivity contribution >= 4 is 17.3 Å². The van der Waals surface area contributed by atoms with Gasteiger partial charge < -0.3 is 25.4 Å². The lowest BCUT2D eigenvalue weighted by molar-refractivity contribution is 0.0949. The summed E-state index contributed by atoms with van der Waals surface area (Å²) in [7, 11) is 4.53. The van der Waals surface area contributed by atoms with Gasteiger partial charge in [-0.25, -0.2) is 8.78 Å². The molecule has 0 fully saturated rings. The summed E-state index contributed by atoms with van der Waals surface area (Å²) in [4.78, 5) is 14.3. The highest BCUT2D eigenvalue weighted by atomic mass is 19.1. The fourth-order valence-corrected chi connectivity index (χ4v) is 2.76. The van der Waals surface area contributed by atoms with E-state index in [-0.39, 0.29) is 12.1 Å². The van der Waals surface area contributed by atoms with Gasteiger partial charge >= 0.3 is 0 Å². The van der Waals surface area contributed by atoms with Crippen molar-refractivity contribution in [3.8, 4) is 11.5 Å². The van der Waals surface area contributed by atoms with Crippen LogP contribution in [0.5, 0.6) is 11.5 Å². The highest BCUT2D eigenvalue weighted by molar-refractivity contribution is 5.94. The van der Waals surface area contributed by atoms with Crippen LogP contribution in [0, 0.1) is 11.6 Å². The number of hydrogen-bond donors (Lipinski definition) is 2. The SMILES string of the molecule is CCN(C)c1c(N)ccc(OC)c1CNC(=O)c1cc(F)c(OC)c(F)c1. The highest BCUT2D eigenvalue weighted by Gasteiger charge is 2.19. The Kier molecular flexibility index (Phi) is 6.44. The second-order valence-electron chi connectivity index (χ2n) is 5.85. The Morgan fingerprint density at radius 3 is 2.33 bits per heavy atom. The summed E-state index contributed by atoms with van der Waals surface area (Å²) in [5, 5.41) is 2.65. The summed E-state index contributed by atoms with van der Waals surface area (Å²) >= 11 is 0. The minimum Gasteiger partial charge on any atom is -0.496 e. The third kappa shape index (κ3) is 4.21. The fraction of sp³-hybridized carbons (Fsp3) is 0.316. The van der Waals surface area contributed by atoms with E-state index in [0.717, 1.165) is 24.9 Å². The predicted octanol–water partition coefficient (Wildman–Crippen LogP) is 2.95. The number of hydrogen-bond acceptors (Lipinski definition) is 5. The molecule has 0 saturated heterocycles. The molecule has 0 radical (unpaired) electrons. The molecule has 3 N–H and O–H groups in total. The second-order valence-corrected chi connectivity index (χ2v) is 5.85. The molecule has 2 aromatic rings. The summed E-state index contributed by atoms with van der Waals surface area (Å²) in [5.41, 5.74) is 7.86. The van der Waals surface area contributed by atoms with Crippen LogP contribution in [0.15, 0.2) is 24.3 Å². The number of nitrogens with two attached hydrogens (primary N) is 1. The maximum Gasteiger partial charge on any atom is 0.251 e. The summed E-state index contributed by atoms with van der Waals surface area (Å²) in [6, 6.07) is 5.27. The van der Waals surface area contributed by atoms with Gasteiger partial charge in [-0.05, 0) is 31.2 Å². The molecule has 0 spiro atoms. The van der Waals surface area contributed by atoms with E-state index in [1.807, 2.05) is 18.9 Å². The number of nitrogens with zero attached hydrogens (tertiary/aromatic N) is 1. The number of halogens is 2. The molecule has 27 heavy (non-hydrogen) atoms. The normalized spacial score (nSPS) is 10.4. The first-order valence-corrected chi connectivity index (χ1v) is 8.31. The van der Waals surface area contributed by atoms with Gasteiger partial charge in [-0.3, -0.25) is 4.79 Å². The molecule has 0 bridgehead atoms. The Morgan fingerprint density at radius 2 is 1.81 bits per heavy atom. The van der Waals surface area contributed by atoms with Crippen LogP contribution in [0.2, 0.25) is 0 Å². The van der Waals surface area contributed by atoms with E-state index >= 15 is 0 Å². The van der Waals surface area contributed by atoms with Gasteiger partial charge in [0.1, 0.15) is 5.75 Å². The lowest BCUT2D eigenvalue weighted by Gasteiger charge is -2.24. The maximum atomic E-state index is 13.8. The van der Waals surface area contributed by atoms with E-state index in [1.54, 1.807) is 12.1 Å². The van der Waals surface area contributed by atoms with E-state index in [0.29, 0.717) is 23.5 Å². The standard InChI is InChI=1S/C19H23F2N3O3/c1-5-24(2)17-12(16(26-3)7-6-15(17)22)10-23-19(25)11-8-13(20)18(27-4)14(21)9-11/h6-9H,5,10,22H2,1-4H3,(H,23,25). The number of carbonyl (C=O) groups excluding carboxylic acids is 1. The molecule has 146 valence electrons. The first kappa shape index (κ1) is 20.3. The first-order valence-electron chi connectivity index (χ1n) is 8.31. The van der Waals surface area contributed by atoms with Gasteiger partial charge in [-0.1, -0.05) is 0 Å². The zero-order valence-corrected chi connectivity index (χ0v) is 15.7. The van der Waals surface area contributed by atoms with Gasteiger partial charge in [0, 0.05) is 31.3 Å². The monoisotopic (exact) mass is 379 g/mol. The van der Waals surface area contributed by atoms with E-state index < -0.39 is 23.3 Å². The Balaban J connectivity index is 2.31. The van der Waals surface area contributed by atoms with Gasteiger partial charge in [-0.2, -0.15) is 0 Å².